The maximum atomic E-state index is 12.6. The van der Waals surface area contributed by atoms with Crippen LogP contribution >= 0.6 is 15.9 Å². The lowest BCUT2D eigenvalue weighted by Gasteiger charge is -2.13. The maximum Gasteiger partial charge on any atom is 0.340 e. The van der Waals surface area contributed by atoms with Crippen molar-refractivity contribution in [1.29, 1.82) is 0 Å². The first-order valence-electron chi connectivity index (χ1n) is 8.70. The fourth-order valence-corrected chi connectivity index (χ4v) is 3.04. The fourth-order valence-electron chi connectivity index (χ4n) is 2.68. The highest BCUT2D eigenvalue weighted by Gasteiger charge is 2.16. The van der Waals surface area contributed by atoms with Gasteiger partial charge in [0.1, 0.15) is 6.54 Å². The predicted octanol–water partition coefficient (Wildman–Crippen LogP) is 3.36. The lowest BCUT2D eigenvalue weighted by molar-refractivity contribution is -0.116. The van der Waals surface area contributed by atoms with Crippen molar-refractivity contribution >= 4 is 44.5 Å². The summed E-state index contributed by atoms with van der Waals surface area (Å²) < 4.78 is 7.20. The monoisotopic (exact) mass is 443 g/mol. The number of hydrogen-bond acceptors (Lipinski definition) is 5. The first-order valence-corrected chi connectivity index (χ1v) is 9.50. The maximum absolute atomic E-state index is 12.6. The number of benzene rings is 2. The van der Waals surface area contributed by atoms with Gasteiger partial charge in [-0.15, -0.1) is 0 Å². The van der Waals surface area contributed by atoms with E-state index in [4.69, 9.17) is 4.74 Å². The van der Waals surface area contributed by atoms with Crippen LogP contribution < -0.4 is 10.9 Å². The van der Waals surface area contributed by atoms with Gasteiger partial charge in [0.2, 0.25) is 5.91 Å². The molecule has 0 unspecified atom stereocenters. The van der Waals surface area contributed by atoms with E-state index < -0.39 is 11.9 Å². The molecule has 0 spiro atoms. The van der Waals surface area contributed by atoms with Gasteiger partial charge in [0.15, 0.2) is 0 Å². The number of amides is 1. The van der Waals surface area contributed by atoms with Crippen LogP contribution in [0.3, 0.4) is 0 Å². The number of ether oxygens (including phenoxy) is 1. The van der Waals surface area contributed by atoms with Crippen LogP contribution in [0.4, 0.5) is 5.69 Å². The number of para-hydroxylation sites is 2. The van der Waals surface area contributed by atoms with Crippen LogP contribution in [-0.4, -0.2) is 28.0 Å². The quantitative estimate of drug-likeness (QED) is 0.589. The molecule has 28 heavy (non-hydrogen) atoms. The van der Waals surface area contributed by atoms with Gasteiger partial charge in [-0.25, -0.2) is 9.78 Å². The van der Waals surface area contributed by atoms with Crippen molar-refractivity contribution in [3.63, 3.8) is 0 Å². The molecule has 0 aliphatic rings. The SMILES string of the molecule is CCCOC(=O)c1cc(Br)ccc1NC(=O)Cn1c(=O)cnc2ccccc21. The minimum absolute atomic E-state index is 0.207. The third-order valence-electron chi connectivity index (χ3n) is 3.97. The standard InChI is InChI=1S/C20H18BrN3O4/c1-2-9-28-20(27)14-10-13(21)7-8-15(14)23-18(25)12-24-17-6-4-3-5-16(17)22-11-19(24)26/h3-8,10-11H,2,9,12H2,1H3,(H,23,25). The molecule has 0 radical (unpaired) electrons. The van der Waals surface area contributed by atoms with E-state index in [1.165, 1.54) is 10.8 Å². The fraction of sp³-hybridized carbons (Fsp3) is 0.200. The van der Waals surface area contributed by atoms with Crippen LogP contribution in [0.15, 0.2) is 57.9 Å². The topological polar surface area (TPSA) is 90.3 Å². The van der Waals surface area contributed by atoms with Crippen molar-refractivity contribution < 1.29 is 14.3 Å². The van der Waals surface area contributed by atoms with Gasteiger partial charge in [-0.3, -0.25) is 14.2 Å². The second-order valence-electron chi connectivity index (χ2n) is 6.05. The summed E-state index contributed by atoms with van der Waals surface area (Å²) in [4.78, 5) is 41.2. The minimum atomic E-state index is -0.523. The summed E-state index contributed by atoms with van der Waals surface area (Å²) in [5.74, 6) is -0.963. The normalized spacial score (nSPS) is 10.6. The number of rotatable bonds is 6. The first kappa shape index (κ1) is 19.8. The van der Waals surface area contributed by atoms with E-state index in [1.807, 2.05) is 6.92 Å². The highest BCUT2D eigenvalue weighted by Crippen LogP contribution is 2.22. The van der Waals surface area contributed by atoms with Gasteiger partial charge in [0, 0.05) is 4.47 Å². The second kappa shape index (κ2) is 8.79. The summed E-state index contributed by atoms with van der Waals surface area (Å²) in [6.45, 7) is 1.98. The highest BCUT2D eigenvalue weighted by molar-refractivity contribution is 9.10. The molecule has 0 fully saturated rings. The van der Waals surface area contributed by atoms with Crippen molar-refractivity contribution in [1.82, 2.24) is 9.55 Å². The number of carbonyl (C=O) groups excluding carboxylic acids is 2. The predicted molar refractivity (Wildman–Crippen MR) is 109 cm³/mol. The molecule has 2 aromatic carbocycles. The van der Waals surface area contributed by atoms with Gasteiger partial charge in [-0.1, -0.05) is 35.0 Å². The summed E-state index contributed by atoms with van der Waals surface area (Å²) in [5, 5.41) is 2.69. The van der Waals surface area contributed by atoms with Crippen LogP contribution in [-0.2, 0) is 16.1 Å². The van der Waals surface area contributed by atoms with Gasteiger partial charge >= 0.3 is 5.97 Å². The molecule has 3 aromatic rings. The number of esters is 1. The molecular weight excluding hydrogens is 426 g/mol. The van der Waals surface area contributed by atoms with Crippen LogP contribution in [0.5, 0.6) is 0 Å². The van der Waals surface area contributed by atoms with E-state index in [0.717, 1.165) is 0 Å². The molecule has 0 saturated heterocycles. The smallest absolute Gasteiger partial charge is 0.340 e. The number of fused-ring (bicyclic) bond motifs is 1. The van der Waals surface area contributed by atoms with Gasteiger partial charge in [-0.05, 0) is 36.8 Å². The Morgan fingerprint density at radius 3 is 2.79 bits per heavy atom. The third-order valence-corrected chi connectivity index (χ3v) is 4.46. The number of nitrogens with one attached hydrogen (secondary N) is 1. The Kier molecular flexibility index (Phi) is 6.20. The summed E-state index contributed by atoms with van der Waals surface area (Å²) in [7, 11) is 0. The average molecular weight is 444 g/mol. The number of anilines is 1. The number of aromatic nitrogens is 2. The zero-order chi connectivity index (χ0) is 20.1. The van der Waals surface area contributed by atoms with Crippen LogP contribution in [0.1, 0.15) is 23.7 Å². The molecular formula is C20H18BrN3O4. The number of hydrogen-bond donors (Lipinski definition) is 1. The van der Waals surface area contributed by atoms with Gasteiger partial charge in [-0.2, -0.15) is 0 Å². The summed E-state index contributed by atoms with van der Waals surface area (Å²) >= 11 is 3.32. The second-order valence-corrected chi connectivity index (χ2v) is 6.96. The Bertz CT molecular complexity index is 1090. The number of carbonyl (C=O) groups is 2. The molecule has 1 heterocycles. The van der Waals surface area contributed by atoms with Gasteiger partial charge in [0.05, 0.1) is 35.1 Å². The Balaban J connectivity index is 1.86. The van der Waals surface area contributed by atoms with Crippen LogP contribution in [0, 0.1) is 0 Å². The van der Waals surface area contributed by atoms with Gasteiger partial charge in [0.25, 0.3) is 5.56 Å². The molecule has 8 heteroatoms. The van der Waals surface area contributed by atoms with E-state index >= 15 is 0 Å². The van der Waals surface area contributed by atoms with E-state index in [-0.39, 0.29) is 24.3 Å². The van der Waals surface area contributed by atoms with Crippen molar-refractivity contribution in [2.24, 2.45) is 0 Å². The summed E-state index contributed by atoms with van der Waals surface area (Å²) in [5.41, 5.74) is 1.35. The third kappa shape index (κ3) is 4.45. The van der Waals surface area contributed by atoms with Crippen molar-refractivity contribution in [3.05, 3.63) is 69.1 Å². The Morgan fingerprint density at radius 2 is 2.00 bits per heavy atom. The zero-order valence-electron chi connectivity index (χ0n) is 15.1. The molecule has 0 aliphatic carbocycles. The molecule has 0 atom stereocenters. The average Bonchev–Trinajstić information content (AvgIpc) is 2.69. The molecule has 1 N–H and O–H groups in total. The van der Waals surface area contributed by atoms with E-state index in [1.54, 1.807) is 42.5 Å². The Hall–Kier alpha value is -3.00. The molecule has 144 valence electrons. The largest absolute Gasteiger partial charge is 0.462 e. The zero-order valence-corrected chi connectivity index (χ0v) is 16.7. The lowest BCUT2D eigenvalue weighted by atomic mass is 10.1. The highest BCUT2D eigenvalue weighted by atomic mass is 79.9. The number of halogens is 1. The molecule has 0 aliphatic heterocycles. The Labute approximate surface area is 169 Å². The van der Waals surface area contributed by atoms with Crippen LogP contribution in [0.25, 0.3) is 11.0 Å². The van der Waals surface area contributed by atoms with Crippen molar-refractivity contribution in [2.45, 2.75) is 19.9 Å². The molecule has 7 nitrogen and oxygen atoms in total. The van der Waals surface area contributed by atoms with Crippen molar-refractivity contribution in [2.75, 3.05) is 11.9 Å². The minimum Gasteiger partial charge on any atom is -0.462 e. The van der Waals surface area contributed by atoms with E-state index in [0.29, 0.717) is 27.6 Å². The van der Waals surface area contributed by atoms with E-state index in [9.17, 15) is 14.4 Å². The lowest BCUT2D eigenvalue weighted by Crippen LogP contribution is -2.28. The van der Waals surface area contributed by atoms with Crippen molar-refractivity contribution in [3.8, 4) is 0 Å². The summed E-state index contributed by atoms with van der Waals surface area (Å²) in [6.07, 6.45) is 1.88. The van der Waals surface area contributed by atoms with E-state index in [2.05, 4.69) is 26.2 Å². The molecule has 0 saturated carbocycles. The molecule has 0 bridgehead atoms. The molecule has 1 aromatic heterocycles. The first-order chi connectivity index (χ1) is 13.5. The summed E-state index contributed by atoms with van der Waals surface area (Å²) in [6, 6.07) is 12.0. The van der Waals surface area contributed by atoms with Crippen LogP contribution in [0.2, 0.25) is 0 Å². The van der Waals surface area contributed by atoms with Gasteiger partial charge < -0.3 is 10.1 Å². The molecule has 3 rings (SSSR count). The number of nitrogens with zero attached hydrogens (tertiary/aromatic N) is 2. The Morgan fingerprint density at radius 1 is 1.21 bits per heavy atom. The molecule has 1 amide bonds.